The van der Waals surface area contributed by atoms with Gasteiger partial charge in [-0.2, -0.15) is 0 Å². The molecule has 0 radical (unpaired) electrons. The number of allylic oxidation sites excluding steroid dienone is 2. The SMILES string of the molecule is CC(C)OC1=C(OC(C)C)[C@@]2([O-])C3=C(OCC[O-])C(C)(C)C[C@@H]3C[C@H]2C1=O. The highest BCUT2D eigenvalue weighted by atomic mass is 16.5. The van der Waals surface area contributed by atoms with E-state index in [-0.39, 0.29) is 54.1 Å². The van der Waals surface area contributed by atoms with Gasteiger partial charge in [-0.25, -0.2) is 0 Å². The molecule has 0 aromatic rings. The predicted molar refractivity (Wildman–Crippen MR) is 95.0 cm³/mol. The number of hydrogen-bond acceptors (Lipinski definition) is 6. The van der Waals surface area contributed by atoms with Gasteiger partial charge < -0.3 is 24.4 Å². The lowest BCUT2D eigenvalue weighted by Crippen LogP contribution is -2.50. The third-order valence-electron chi connectivity index (χ3n) is 5.56. The van der Waals surface area contributed by atoms with Crippen LogP contribution in [0.5, 0.6) is 0 Å². The summed E-state index contributed by atoms with van der Waals surface area (Å²) in [6.07, 6.45) is 0.710. The third-order valence-corrected chi connectivity index (χ3v) is 5.56. The zero-order valence-electron chi connectivity index (χ0n) is 17.1. The van der Waals surface area contributed by atoms with E-state index in [4.69, 9.17) is 14.2 Å². The summed E-state index contributed by atoms with van der Waals surface area (Å²) < 4.78 is 17.5. The molecule has 1 fully saturated rings. The Hall–Kier alpha value is -1.53. The number of hydrogen-bond donors (Lipinski definition) is 0. The lowest BCUT2D eigenvalue weighted by molar-refractivity contribution is -0.461. The molecule has 0 heterocycles. The van der Waals surface area contributed by atoms with Gasteiger partial charge in [0, 0.05) is 11.3 Å². The van der Waals surface area contributed by atoms with E-state index in [1.165, 1.54) is 0 Å². The zero-order chi connectivity index (χ0) is 20.1. The number of rotatable bonds is 7. The zero-order valence-corrected chi connectivity index (χ0v) is 17.1. The van der Waals surface area contributed by atoms with Gasteiger partial charge in [-0.1, -0.05) is 13.8 Å². The minimum atomic E-state index is -1.80. The van der Waals surface area contributed by atoms with Crippen molar-refractivity contribution in [2.45, 2.75) is 72.2 Å². The van der Waals surface area contributed by atoms with Crippen LogP contribution in [0.3, 0.4) is 0 Å². The van der Waals surface area contributed by atoms with Crippen LogP contribution in [-0.4, -0.2) is 36.8 Å². The van der Waals surface area contributed by atoms with E-state index in [9.17, 15) is 15.0 Å². The van der Waals surface area contributed by atoms with Crippen LogP contribution in [0.25, 0.3) is 0 Å². The Balaban J connectivity index is 2.16. The number of carbonyl (C=O) groups is 1. The molecule has 3 aliphatic rings. The fourth-order valence-electron chi connectivity index (χ4n) is 4.82. The van der Waals surface area contributed by atoms with Gasteiger partial charge in [0.25, 0.3) is 0 Å². The maximum atomic E-state index is 14.3. The number of carbonyl (C=O) groups excluding carboxylic acids is 1. The van der Waals surface area contributed by atoms with Gasteiger partial charge in [-0.3, -0.25) is 4.79 Å². The summed E-state index contributed by atoms with van der Waals surface area (Å²) in [7, 11) is 0. The van der Waals surface area contributed by atoms with Crippen LogP contribution in [0.4, 0.5) is 0 Å². The van der Waals surface area contributed by atoms with Gasteiger partial charge >= 0.3 is 0 Å². The number of Topliss-reactive ketones (excluding diaryl/α,β-unsaturated/α-hetero) is 1. The van der Waals surface area contributed by atoms with Crippen molar-refractivity contribution in [1.29, 1.82) is 0 Å². The minimum Gasteiger partial charge on any atom is -0.852 e. The molecule has 27 heavy (non-hydrogen) atoms. The maximum absolute atomic E-state index is 14.3. The van der Waals surface area contributed by atoms with Crippen molar-refractivity contribution in [1.82, 2.24) is 0 Å². The Morgan fingerprint density at radius 2 is 1.74 bits per heavy atom. The molecule has 0 bridgehead atoms. The fourth-order valence-corrected chi connectivity index (χ4v) is 4.82. The average molecular weight is 378 g/mol. The molecule has 6 heteroatoms. The first-order valence-corrected chi connectivity index (χ1v) is 9.82. The predicted octanol–water partition coefficient (Wildman–Crippen LogP) is 1.43. The van der Waals surface area contributed by atoms with E-state index >= 15 is 0 Å². The molecule has 3 atom stereocenters. The van der Waals surface area contributed by atoms with E-state index in [1.54, 1.807) is 0 Å². The van der Waals surface area contributed by atoms with Crippen molar-refractivity contribution in [2.24, 2.45) is 17.3 Å². The summed E-state index contributed by atoms with van der Waals surface area (Å²) in [6, 6.07) is 0. The second kappa shape index (κ2) is 6.82. The molecular weight excluding hydrogens is 348 g/mol. The van der Waals surface area contributed by atoms with Gasteiger partial charge in [-0.05, 0) is 57.6 Å². The van der Waals surface area contributed by atoms with Gasteiger partial charge in [0.2, 0.25) is 5.78 Å². The summed E-state index contributed by atoms with van der Waals surface area (Å²) in [5.41, 5.74) is -1.55. The average Bonchev–Trinajstić information content (AvgIpc) is 3.03. The first-order valence-electron chi connectivity index (χ1n) is 9.82. The smallest absolute Gasteiger partial charge is 0.203 e. The Kier molecular flexibility index (Phi) is 5.10. The van der Waals surface area contributed by atoms with E-state index < -0.39 is 11.5 Å². The van der Waals surface area contributed by atoms with Crippen molar-refractivity contribution in [3.8, 4) is 0 Å². The van der Waals surface area contributed by atoms with Crippen molar-refractivity contribution in [3.05, 3.63) is 22.9 Å². The van der Waals surface area contributed by atoms with Crippen LogP contribution in [-0.2, 0) is 19.0 Å². The van der Waals surface area contributed by atoms with Crippen LogP contribution in [0.1, 0.15) is 54.4 Å². The normalized spacial score (nSPS) is 31.9. The lowest BCUT2D eigenvalue weighted by Gasteiger charge is -2.41. The molecule has 0 unspecified atom stereocenters. The largest absolute Gasteiger partial charge is 0.852 e. The topological polar surface area (TPSA) is 90.9 Å². The van der Waals surface area contributed by atoms with E-state index in [1.807, 2.05) is 41.5 Å². The minimum absolute atomic E-state index is 0.0170. The van der Waals surface area contributed by atoms with Crippen LogP contribution in [0, 0.1) is 17.3 Å². The molecule has 0 aromatic carbocycles. The number of ketones is 1. The quantitative estimate of drug-likeness (QED) is 0.666. The van der Waals surface area contributed by atoms with Crippen LogP contribution in [0.15, 0.2) is 22.9 Å². The van der Waals surface area contributed by atoms with E-state index in [2.05, 4.69) is 0 Å². The highest BCUT2D eigenvalue weighted by Crippen LogP contribution is 2.62. The van der Waals surface area contributed by atoms with Gasteiger partial charge in [-0.15, -0.1) is 6.61 Å². The lowest BCUT2D eigenvalue weighted by atomic mass is 9.84. The van der Waals surface area contributed by atoms with E-state index in [0.29, 0.717) is 17.8 Å². The number of ether oxygens (including phenoxy) is 3. The Labute approximate surface area is 161 Å². The van der Waals surface area contributed by atoms with Crippen LogP contribution < -0.4 is 10.2 Å². The summed E-state index contributed by atoms with van der Waals surface area (Å²) in [5.74, 6) is -0.292. The van der Waals surface area contributed by atoms with Gasteiger partial charge in [0.05, 0.1) is 18.8 Å². The summed E-state index contributed by atoms with van der Waals surface area (Å²) in [5, 5.41) is 25.3. The number of fused-ring (bicyclic) bond motifs is 3. The van der Waals surface area contributed by atoms with Crippen LogP contribution >= 0.6 is 0 Å². The fraction of sp³-hybridized carbons (Fsp3) is 0.762. The molecule has 0 amide bonds. The Morgan fingerprint density at radius 3 is 2.30 bits per heavy atom. The van der Waals surface area contributed by atoms with Gasteiger partial charge in [0.15, 0.2) is 5.76 Å². The molecular formula is C21H30O6-2. The molecule has 1 saturated carbocycles. The highest BCUT2D eigenvalue weighted by Gasteiger charge is 2.62. The molecule has 152 valence electrons. The van der Waals surface area contributed by atoms with Crippen molar-refractivity contribution >= 4 is 5.78 Å². The molecule has 3 aliphatic carbocycles. The van der Waals surface area contributed by atoms with Crippen molar-refractivity contribution < 1.29 is 29.2 Å². The molecule has 0 spiro atoms. The molecule has 6 nitrogen and oxygen atoms in total. The molecule has 3 rings (SSSR count). The van der Waals surface area contributed by atoms with Crippen molar-refractivity contribution in [3.63, 3.8) is 0 Å². The van der Waals surface area contributed by atoms with Gasteiger partial charge in [0.1, 0.15) is 11.5 Å². The highest BCUT2D eigenvalue weighted by molar-refractivity contribution is 6.02. The summed E-state index contributed by atoms with van der Waals surface area (Å²) >= 11 is 0. The molecule has 0 saturated heterocycles. The molecule has 0 aromatic heterocycles. The first-order chi connectivity index (χ1) is 12.5. The monoisotopic (exact) mass is 378 g/mol. The Bertz CT molecular complexity index is 687. The first kappa shape index (κ1) is 20.2. The molecule has 0 aliphatic heterocycles. The van der Waals surface area contributed by atoms with Crippen LogP contribution in [0.2, 0.25) is 0 Å². The second-order valence-electron chi connectivity index (χ2n) is 8.96. The third kappa shape index (κ3) is 3.07. The standard InChI is InChI=1S/C21H30O6/c1-11(2)26-17-16(23)14-9-13-10-20(5,6)18(25-8-7-22)15(13)21(14,24)19(17)27-12(3)4/h11-14H,7-10H2,1-6H3/q-2/t13-,14-,21-/m0/s1. The Morgan fingerprint density at radius 1 is 1.11 bits per heavy atom. The molecule has 0 N–H and O–H groups in total. The van der Waals surface area contributed by atoms with Crippen molar-refractivity contribution in [2.75, 3.05) is 13.2 Å². The van der Waals surface area contributed by atoms with E-state index in [0.717, 1.165) is 6.42 Å². The second-order valence-corrected chi connectivity index (χ2v) is 8.96. The summed E-state index contributed by atoms with van der Waals surface area (Å²) in [6.45, 7) is 11.0. The summed E-state index contributed by atoms with van der Waals surface area (Å²) in [4.78, 5) is 13.1. The maximum Gasteiger partial charge on any atom is 0.203 e.